The lowest BCUT2D eigenvalue weighted by Gasteiger charge is -2.17. The molecule has 0 bridgehead atoms. The number of ether oxygens (including phenoxy) is 1. The second-order valence-electron chi connectivity index (χ2n) is 7.70. The van der Waals surface area contributed by atoms with Gasteiger partial charge >= 0.3 is 5.97 Å². The maximum absolute atomic E-state index is 13.5. The molecule has 1 N–H and O–H groups in total. The zero-order valence-corrected chi connectivity index (χ0v) is 20.5. The van der Waals surface area contributed by atoms with E-state index in [-0.39, 0.29) is 17.4 Å². The number of fused-ring (bicyclic) bond motifs is 1. The van der Waals surface area contributed by atoms with Gasteiger partial charge in [-0.1, -0.05) is 59.9 Å². The third kappa shape index (κ3) is 4.38. The van der Waals surface area contributed by atoms with Gasteiger partial charge in [0.05, 0.1) is 35.0 Å². The summed E-state index contributed by atoms with van der Waals surface area (Å²) in [6.07, 6.45) is 0. The van der Waals surface area contributed by atoms with Crippen molar-refractivity contribution in [2.45, 2.75) is 20.4 Å². The molecule has 0 unspecified atom stereocenters. The van der Waals surface area contributed by atoms with Crippen molar-refractivity contribution < 1.29 is 19.1 Å². The number of para-hydroxylation sites is 1. The molecule has 1 fully saturated rings. The number of thioether (sulfide) groups is 1. The Labute approximate surface area is 209 Å². The Bertz CT molecular complexity index is 1410. The van der Waals surface area contributed by atoms with Crippen molar-refractivity contribution in [3.8, 4) is 0 Å². The molecule has 2 aliphatic rings. The predicted octanol–water partition coefficient (Wildman–Crippen LogP) is 4.44. The number of carbonyl (C=O) groups excluding carboxylic acids is 3. The van der Waals surface area contributed by atoms with Crippen molar-refractivity contribution in [1.82, 2.24) is 10.3 Å². The number of nitrogens with one attached hydrogen (secondary N) is 1. The number of amidine groups is 1. The average Bonchev–Trinajstić information content (AvgIpc) is 3.48. The van der Waals surface area contributed by atoms with E-state index in [1.54, 1.807) is 18.7 Å². The molecule has 3 heterocycles. The molecule has 0 saturated carbocycles. The summed E-state index contributed by atoms with van der Waals surface area (Å²) in [7, 11) is 0. The van der Waals surface area contributed by atoms with E-state index in [1.807, 2.05) is 54.6 Å². The lowest BCUT2D eigenvalue weighted by molar-refractivity contribution is -0.116. The minimum atomic E-state index is -0.452. The van der Waals surface area contributed by atoms with Crippen molar-refractivity contribution in [3.63, 3.8) is 0 Å². The Morgan fingerprint density at radius 1 is 1.11 bits per heavy atom. The maximum atomic E-state index is 13.5. The van der Waals surface area contributed by atoms with E-state index in [0.29, 0.717) is 38.6 Å². The highest BCUT2D eigenvalue weighted by Gasteiger charge is 2.39. The standard InChI is InChI=1S/C25H20N4O4S2/c1-3-33-23(32)19-14(2)26-24(34-19)28-25-27-21(30)20(35-25)18-16-11-7-8-12-17(16)29(22(18)31)13-15-9-5-4-6-10-15/h4-12H,3,13H2,1-2H3,(H,26,27,28,30)/b20-18-. The highest BCUT2D eigenvalue weighted by molar-refractivity contribution is 8.18. The first-order valence-electron chi connectivity index (χ1n) is 10.9. The summed E-state index contributed by atoms with van der Waals surface area (Å²) in [5, 5.41) is 3.35. The molecule has 0 aliphatic carbocycles. The number of aromatic nitrogens is 1. The van der Waals surface area contributed by atoms with Gasteiger partial charge in [-0.05, 0) is 37.2 Å². The summed E-state index contributed by atoms with van der Waals surface area (Å²) >= 11 is 2.18. The number of hydrogen-bond donors (Lipinski definition) is 1. The Morgan fingerprint density at radius 3 is 2.63 bits per heavy atom. The van der Waals surface area contributed by atoms with Crippen LogP contribution in [0, 0.1) is 6.92 Å². The largest absolute Gasteiger partial charge is 0.462 e. The van der Waals surface area contributed by atoms with E-state index in [9.17, 15) is 14.4 Å². The Morgan fingerprint density at radius 2 is 1.86 bits per heavy atom. The number of thiazole rings is 1. The van der Waals surface area contributed by atoms with E-state index in [0.717, 1.165) is 34.3 Å². The molecule has 2 aromatic carbocycles. The SMILES string of the molecule is CCOC(=O)c1sc(N=C2NC(=O)/C(=C3/C(=O)N(Cc4ccccc4)c4ccccc43)S2)nc1C. The number of benzene rings is 2. The van der Waals surface area contributed by atoms with Crippen LogP contribution in [0.4, 0.5) is 10.8 Å². The molecule has 3 aromatic rings. The van der Waals surface area contributed by atoms with Gasteiger partial charge in [0.1, 0.15) is 4.88 Å². The zero-order valence-electron chi connectivity index (χ0n) is 18.9. The molecule has 8 nitrogen and oxygen atoms in total. The second kappa shape index (κ2) is 9.47. The highest BCUT2D eigenvalue weighted by Crippen LogP contribution is 2.43. The molecular formula is C25H20N4O4S2. The van der Waals surface area contributed by atoms with Gasteiger partial charge < -0.3 is 15.0 Å². The van der Waals surface area contributed by atoms with Crippen molar-refractivity contribution in [1.29, 1.82) is 0 Å². The maximum Gasteiger partial charge on any atom is 0.350 e. The molecule has 2 amide bonds. The summed E-state index contributed by atoms with van der Waals surface area (Å²) in [5.41, 5.74) is 3.33. The van der Waals surface area contributed by atoms with Crippen molar-refractivity contribution in [3.05, 3.63) is 81.2 Å². The van der Waals surface area contributed by atoms with E-state index in [4.69, 9.17) is 4.74 Å². The van der Waals surface area contributed by atoms with Crippen LogP contribution in [-0.2, 0) is 20.9 Å². The van der Waals surface area contributed by atoms with Gasteiger partial charge in [0.15, 0.2) is 5.17 Å². The predicted molar refractivity (Wildman–Crippen MR) is 137 cm³/mol. The summed E-state index contributed by atoms with van der Waals surface area (Å²) in [6.45, 7) is 4.10. The Hall–Kier alpha value is -3.76. The van der Waals surface area contributed by atoms with E-state index < -0.39 is 11.9 Å². The summed E-state index contributed by atoms with van der Waals surface area (Å²) in [4.78, 5) is 49.6. The molecule has 1 saturated heterocycles. The highest BCUT2D eigenvalue weighted by atomic mass is 32.2. The number of esters is 1. The van der Waals surface area contributed by atoms with Crippen molar-refractivity contribution in [2.24, 2.45) is 4.99 Å². The van der Waals surface area contributed by atoms with E-state index in [1.165, 1.54) is 0 Å². The van der Waals surface area contributed by atoms with Crippen LogP contribution in [0.5, 0.6) is 0 Å². The zero-order chi connectivity index (χ0) is 24.5. The van der Waals surface area contributed by atoms with Gasteiger partial charge in [-0.3, -0.25) is 9.59 Å². The first-order valence-corrected chi connectivity index (χ1v) is 12.5. The van der Waals surface area contributed by atoms with Gasteiger partial charge in [-0.15, -0.1) is 0 Å². The smallest absolute Gasteiger partial charge is 0.350 e. The van der Waals surface area contributed by atoms with Crippen molar-refractivity contribution >= 4 is 62.4 Å². The number of aryl methyl sites for hydroxylation is 1. The normalized spacial score (nSPS) is 18.2. The fraction of sp³-hybridized carbons (Fsp3) is 0.160. The molecule has 10 heteroatoms. The number of anilines is 1. The van der Waals surface area contributed by atoms with Crippen LogP contribution in [0.15, 0.2) is 64.5 Å². The van der Waals surface area contributed by atoms with Crippen molar-refractivity contribution in [2.75, 3.05) is 11.5 Å². The molecule has 0 atom stereocenters. The van der Waals surface area contributed by atoms with Crippen LogP contribution in [-0.4, -0.2) is 34.5 Å². The molecule has 1 aromatic heterocycles. The minimum absolute atomic E-state index is 0.233. The summed E-state index contributed by atoms with van der Waals surface area (Å²) in [5.74, 6) is -1.08. The monoisotopic (exact) mass is 504 g/mol. The molecule has 2 aliphatic heterocycles. The Balaban J connectivity index is 1.47. The summed E-state index contributed by atoms with van der Waals surface area (Å²) in [6, 6.07) is 17.2. The fourth-order valence-electron chi connectivity index (χ4n) is 3.86. The minimum Gasteiger partial charge on any atom is -0.462 e. The van der Waals surface area contributed by atoms with Crippen LogP contribution in [0.1, 0.15) is 33.4 Å². The first-order chi connectivity index (χ1) is 17.0. The number of aliphatic imine (C=N–C) groups is 1. The summed E-state index contributed by atoms with van der Waals surface area (Å²) < 4.78 is 5.05. The number of amides is 2. The van der Waals surface area contributed by atoms with Crippen LogP contribution in [0.2, 0.25) is 0 Å². The molecule has 0 spiro atoms. The lowest BCUT2D eigenvalue weighted by Crippen LogP contribution is -2.26. The molecule has 0 radical (unpaired) electrons. The Kier molecular flexibility index (Phi) is 6.23. The van der Waals surface area contributed by atoms with E-state index in [2.05, 4.69) is 15.3 Å². The van der Waals surface area contributed by atoms with Gasteiger partial charge in [0.25, 0.3) is 11.8 Å². The molecule has 5 rings (SSSR count). The molecule has 35 heavy (non-hydrogen) atoms. The van der Waals surface area contributed by atoms with Crippen LogP contribution >= 0.6 is 23.1 Å². The third-order valence-electron chi connectivity index (χ3n) is 5.40. The van der Waals surface area contributed by atoms with E-state index >= 15 is 0 Å². The number of hydrogen-bond acceptors (Lipinski definition) is 8. The van der Waals surface area contributed by atoms with Crippen LogP contribution in [0.3, 0.4) is 0 Å². The van der Waals surface area contributed by atoms with Gasteiger partial charge in [0, 0.05) is 5.56 Å². The fourth-order valence-corrected chi connectivity index (χ4v) is 5.67. The topological polar surface area (TPSA) is 101 Å². The number of carbonyl (C=O) groups is 3. The molecular weight excluding hydrogens is 484 g/mol. The number of nitrogens with zero attached hydrogens (tertiary/aromatic N) is 3. The van der Waals surface area contributed by atoms with Gasteiger partial charge in [-0.25, -0.2) is 9.78 Å². The number of rotatable bonds is 5. The van der Waals surface area contributed by atoms with Gasteiger partial charge in [-0.2, -0.15) is 4.99 Å². The average molecular weight is 505 g/mol. The quantitative estimate of drug-likeness (QED) is 0.407. The van der Waals surface area contributed by atoms with Gasteiger partial charge in [0.2, 0.25) is 5.13 Å². The van der Waals surface area contributed by atoms with Crippen LogP contribution < -0.4 is 10.2 Å². The molecule has 176 valence electrons. The van der Waals surface area contributed by atoms with Crippen LogP contribution in [0.25, 0.3) is 5.57 Å². The lowest BCUT2D eigenvalue weighted by atomic mass is 10.1. The second-order valence-corrected chi connectivity index (χ2v) is 9.68. The third-order valence-corrected chi connectivity index (χ3v) is 7.41. The first kappa shape index (κ1) is 23.0.